The molecule has 4 heterocycles. The Kier molecular flexibility index (Phi) is 5.09. The lowest BCUT2D eigenvalue weighted by molar-refractivity contribution is 0.132. The number of hydrogen-bond acceptors (Lipinski definition) is 8. The minimum absolute atomic E-state index is 0.0770. The molecule has 4 aromatic rings. The average molecular weight is 437 g/mol. The number of aliphatic hydroxyl groups excluding tert-OH is 1. The van der Waals surface area contributed by atoms with Crippen molar-refractivity contribution < 1.29 is 9.84 Å². The Hall–Kier alpha value is -3.40. The van der Waals surface area contributed by atoms with E-state index in [1.54, 1.807) is 18.5 Å². The van der Waals surface area contributed by atoms with Crippen LogP contribution in [-0.4, -0.2) is 60.8 Å². The molecule has 1 aromatic carbocycles. The summed E-state index contributed by atoms with van der Waals surface area (Å²) in [5, 5.41) is 19.9. The number of rotatable bonds is 5. The van der Waals surface area contributed by atoms with Gasteiger partial charge in [0.2, 0.25) is 5.95 Å². The normalized spacial score (nSPS) is 18.9. The molecule has 0 bridgehead atoms. The van der Waals surface area contributed by atoms with E-state index in [2.05, 4.69) is 15.0 Å². The SMILES string of the molecule is COc1ccc2c(c1)nc(N)n1nc([C@@H]3CCCN(c4cnn(C(C)C(C)O)c4)C3)nc21. The highest BCUT2D eigenvalue weighted by molar-refractivity contribution is 5.93. The van der Waals surface area contributed by atoms with Crippen LogP contribution in [0.15, 0.2) is 30.6 Å². The first-order valence-corrected chi connectivity index (χ1v) is 10.9. The maximum atomic E-state index is 9.87. The lowest BCUT2D eigenvalue weighted by atomic mass is 9.97. The monoisotopic (exact) mass is 436 g/mol. The van der Waals surface area contributed by atoms with Crippen LogP contribution in [0.5, 0.6) is 5.75 Å². The first kappa shape index (κ1) is 20.5. The second-order valence-corrected chi connectivity index (χ2v) is 8.50. The van der Waals surface area contributed by atoms with Crippen LogP contribution >= 0.6 is 0 Å². The number of anilines is 2. The first-order chi connectivity index (χ1) is 15.4. The van der Waals surface area contributed by atoms with Crippen LogP contribution in [0.3, 0.4) is 0 Å². The average Bonchev–Trinajstić information content (AvgIpc) is 3.47. The molecule has 5 rings (SSSR count). The Bertz CT molecular complexity index is 1260. The van der Waals surface area contributed by atoms with Crippen LogP contribution in [0.4, 0.5) is 11.6 Å². The zero-order valence-corrected chi connectivity index (χ0v) is 18.5. The van der Waals surface area contributed by atoms with Crippen molar-refractivity contribution >= 4 is 28.2 Å². The van der Waals surface area contributed by atoms with E-state index in [-0.39, 0.29) is 12.0 Å². The molecule has 0 amide bonds. The molecule has 0 spiro atoms. The van der Waals surface area contributed by atoms with Crippen LogP contribution in [0, 0.1) is 0 Å². The van der Waals surface area contributed by atoms with Crippen LogP contribution in [0.25, 0.3) is 16.6 Å². The zero-order valence-electron chi connectivity index (χ0n) is 18.5. The fourth-order valence-corrected chi connectivity index (χ4v) is 4.28. The minimum Gasteiger partial charge on any atom is -0.497 e. The highest BCUT2D eigenvalue weighted by atomic mass is 16.5. The zero-order chi connectivity index (χ0) is 22.4. The molecule has 32 heavy (non-hydrogen) atoms. The number of nitrogens with two attached hydrogens (primary N) is 1. The molecule has 0 radical (unpaired) electrons. The summed E-state index contributed by atoms with van der Waals surface area (Å²) in [5.41, 5.74) is 8.69. The second kappa shape index (κ2) is 7.94. The van der Waals surface area contributed by atoms with E-state index in [0.717, 1.165) is 54.1 Å². The van der Waals surface area contributed by atoms with Crippen LogP contribution < -0.4 is 15.4 Å². The maximum absolute atomic E-state index is 9.87. The van der Waals surface area contributed by atoms with Crippen LogP contribution in [0.1, 0.15) is 44.5 Å². The number of nitrogen functional groups attached to an aromatic ring is 1. The minimum atomic E-state index is -0.465. The third-order valence-corrected chi connectivity index (χ3v) is 6.38. The number of ether oxygens (including phenoxy) is 1. The maximum Gasteiger partial charge on any atom is 0.223 e. The summed E-state index contributed by atoms with van der Waals surface area (Å²) in [6.07, 6.45) is 5.43. The molecular formula is C22H28N8O2. The number of fused-ring (bicyclic) bond motifs is 3. The van der Waals surface area contributed by atoms with Crippen molar-refractivity contribution in [1.82, 2.24) is 29.4 Å². The quantitative estimate of drug-likeness (QED) is 0.489. The highest BCUT2D eigenvalue weighted by Crippen LogP contribution is 2.31. The van der Waals surface area contributed by atoms with Gasteiger partial charge in [0.25, 0.3) is 0 Å². The summed E-state index contributed by atoms with van der Waals surface area (Å²) in [4.78, 5) is 11.7. The Balaban J connectivity index is 1.45. The van der Waals surface area contributed by atoms with Gasteiger partial charge in [0.05, 0.1) is 36.7 Å². The Morgan fingerprint density at radius 1 is 1.25 bits per heavy atom. The number of aliphatic hydroxyl groups is 1. The molecule has 3 aromatic heterocycles. The van der Waals surface area contributed by atoms with Gasteiger partial charge in [0.15, 0.2) is 11.5 Å². The van der Waals surface area contributed by atoms with Gasteiger partial charge >= 0.3 is 0 Å². The van der Waals surface area contributed by atoms with Gasteiger partial charge in [-0.2, -0.15) is 9.61 Å². The summed E-state index contributed by atoms with van der Waals surface area (Å²) in [6.45, 7) is 5.48. The number of nitrogens with zero attached hydrogens (tertiary/aromatic N) is 7. The van der Waals surface area contributed by atoms with E-state index < -0.39 is 6.10 Å². The smallest absolute Gasteiger partial charge is 0.223 e. The summed E-state index contributed by atoms with van der Waals surface area (Å²) < 4.78 is 8.76. The summed E-state index contributed by atoms with van der Waals surface area (Å²) in [7, 11) is 1.63. The van der Waals surface area contributed by atoms with E-state index in [9.17, 15) is 5.11 Å². The lowest BCUT2D eigenvalue weighted by Crippen LogP contribution is -2.34. The van der Waals surface area contributed by atoms with E-state index >= 15 is 0 Å². The largest absolute Gasteiger partial charge is 0.497 e. The fourth-order valence-electron chi connectivity index (χ4n) is 4.28. The van der Waals surface area contributed by atoms with Crippen LogP contribution in [-0.2, 0) is 0 Å². The summed E-state index contributed by atoms with van der Waals surface area (Å²) in [6, 6.07) is 5.61. The fraction of sp³-hybridized carbons (Fsp3) is 0.455. The van der Waals surface area contributed by atoms with Crippen molar-refractivity contribution in [2.24, 2.45) is 0 Å². The predicted molar refractivity (Wildman–Crippen MR) is 122 cm³/mol. The van der Waals surface area contributed by atoms with Crippen molar-refractivity contribution in [3.05, 3.63) is 36.4 Å². The molecule has 2 unspecified atom stereocenters. The standard InChI is InChI=1S/C22H28N8O2/c1-13(14(2)31)29-12-16(10-24-29)28-8-4-5-15(11-28)20-26-21-18-7-6-17(32-3)9-19(18)25-22(23)30(21)27-20/h6-7,9-10,12-15,31H,4-5,8,11H2,1-3H3,(H2,23,25)/t13?,14?,15-/m1/s1. The van der Waals surface area contributed by atoms with Crippen LogP contribution in [0.2, 0.25) is 0 Å². The molecular weight excluding hydrogens is 408 g/mol. The van der Waals surface area contributed by atoms with Gasteiger partial charge in [-0.3, -0.25) is 4.68 Å². The molecule has 3 N–H and O–H groups in total. The molecule has 1 saturated heterocycles. The van der Waals surface area contributed by atoms with Gasteiger partial charge in [-0.15, -0.1) is 5.10 Å². The lowest BCUT2D eigenvalue weighted by Gasteiger charge is -2.32. The van der Waals surface area contributed by atoms with E-state index in [1.165, 1.54) is 0 Å². The number of methoxy groups -OCH3 is 1. The molecule has 168 valence electrons. The highest BCUT2D eigenvalue weighted by Gasteiger charge is 2.27. The summed E-state index contributed by atoms with van der Waals surface area (Å²) in [5.74, 6) is 1.98. The topological polar surface area (TPSA) is 120 Å². The third kappa shape index (κ3) is 3.50. The molecule has 1 aliphatic heterocycles. The molecule has 3 atom stereocenters. The molecule has 1 aliphatic rings. The van der Waals surface area contributed by atoms with Crippen molar-refractivity contribution in [2.75, 3.05) is 30.8 Å². The van der Waals surface area contributed by atoms with Gasteiger partial charge in [0, 0.05) is 36.7 Å². The van der Waals surface area contributed by atoms with Gasteiger partial charge in [-0.05, 0) is 38.8 Å². The van der Waals surface area contributed by atoms with E-state index in [1.807, 2.05) is 42.2 Å². The van der Waals surface area contributed by atoms with Gasteiger partial charge in [-0.25, -0.2) is 9.97 Å². The predicted octanol–water partition coefficient (Wildman–Crippen LogP) is 2.39. The number of aromatic nitrogens is 6. The third-order valence-electron chi connectivity index (χ3n) is 6.38. The van der Waals surface area contributed by atoms with Crippen molar-refractivity contribution in [2.45, 2.75) is 44.8 Å². The van der Waals surface area contributed by atoms with Crippen molar-refractivity contribution in [3.8, 4) is 5.75 Å². The Morgan fingerprint density at radius 2 is 2.09 bits per heavy atom. The number of benzene rings is 1. The molecule has 1 fully saturated rings. The summed E-state index contributed by atoms with van der Waals surface area (Å²) >= 11 is 0. The Morgan fingerprint density at radius 3 is 2.88 bits per heavy atom. The molecule has 10 nitrogen and oxygen atoms in total. The van der Waals surface area contributed by atoms with Gasteiger partial charge < -0.3 is 20.5 Å². The van der Waals surface area contributed by atoms with Crippen molar-refractivity contribution in [3.63, 3.8) is 0 Å². The van der Waals surface area contributed by atoms with E-state index in [4.69, 9.17) is 20.6 Å². The number of hydrogen-bond donors (Lipinski definition) is 2. The second-order valence-electron chi connectivity index (χ2n) is 8.50. The Labute approximate surface area is 185 Å². The van der Waals surface area contributed by atoms with Crippen molar-refractivity contribution in [1.29, 1.82) is 0 Å². The molecule has 0 aliphatic carbocycles. The first-order valence-electron chi connectivity index (χ1n) is 10.9. The number of piperidine rings is 1. The molecule has 10 heteroatoms. The molecule has 0 saturated carbocycles. The van der Waals surface area contributed by atoms with Gasteiger partial charge in [-0.1, -0.05) is 0 Å². The van der Waals surface area contributed by atoms with E-state index in [0.29, 0.717) is 11.6 Å². The van der Waals surface area contributed by atoms with Gasteiger partial charge in [0.1, 0.15) is 5.75 Å².